The van der Waals surface area contributed by atoms with Crippen molar-refractivity contribution in [3.63, 3.8) is 0 Å². The van der Waals surface area contributed by atoms with E-state index in [0.29, 0.717) is 30.4 Å². The molecule has 0 atom stereocenters. The van der Waals surface area contributed by atoms with Crippen LogP contribution in [0.15, 0.2) is 47.6 Å². The topological polar surface area (TPSA) is 81.9 Å². The Hall–Kier alpha value is -2.59. The summed E-state index contributed by atoms with van der Waals surface area (Å²) in [5.41, 5.74) is 0.375. The fourth-order valence-electron chi connectivity index (χ4n) is 3.11. The maximum Gasteiger partial charge on any atom is 0.220 e. The molecule has 1 aromatic heterocycles. The highest BCUT2D eigenvalue weighted by Crippen LogP contribution is 2.23. The van der Waals surface area contributed by atoms with E-state index in [2.05, 4.69) is 38.4 Å². The second kappa shape index (κ2) is 9.93. The standard InChI is InChI=1S/C20H23N5OS/c21-14-18-20(23-10-9-22-18)25-11-6-16(7-12-25)15-24-19(26)8-13-27-17-4-2-1-3-5-17/h1-5,9-10,16H,6-8,11-13,15H2,(H,24,26). The van der Waals surface area contributed by atoms with Crippen LogP contribution in [0, 0.1) is 17.2 Å². The van der Waals surface area contributed by atoms with Crippen molar-refractivity contribution in [3.05, 3.63) is 48.4 Å². The third kappa shape index (κ3) is 5.69. The quantitative estimate of drug-likeness (QED) is 0.743. The molecule has 3 rings (SSSR count). The van der Waals surface area contributed by atoms with E-state index in [0.717, 1.165) is 31.7 Å². The summed E-state index contributed by atoms with van der Waals surface area (Å²) < 4.78 is 0. The van der Waals surface area contributed by atoms with Gasteiger partial charge in [0.1, 0.15) is 6.07 Å². The highest BCUT2D eigenvalue weighted by Gasteiger charge is 2.22. The molecule has 1 saturated heterocycles. The first-order chi connectivity index (χ1) is 13.3. The van der Waals surface area contributed by atoms with Crippen molar-refractivity contribution in [3.8, 4) is 6.07 Å². The number of carbonyl (C=O) groups is 1. The van der Waals surface area contributed by atoms with Gasteiger partial charge in [0.2, 0.25) is 5.91 Å². The summed E-state index contributed by atoms with van der Waals surface area (Å²) in [6, 6.07) is 12.2. The highest BCUT2D eigenvalue weighted by molar-refractivity contribution is 7.99. The number of hydrogen-bond donors (Lipinski definition) is 1. The molecule has 1 fully saturated rings. The van der Waals surface area contributed by atoms with Crippen molar-refractivity contribution in [2.45, 2.75) is 24.2 Å². The van der Waals surface area contributed by atoms with E-state index >= 15 is 0 Å². The molecule has 0 aliphatic carbocycles. The van der Waals surface area contributed by atoms with E-state index in [9.17, 15) is 4.79 Å². The molecule has 2 aromatic rings. The summed E-state index contributed by atoms with van der Waals surface area (Å²) >= 11 is 1.70. The smallest absolute Gasteiger partial charge is 0.220 e. The number of benzene rings is 1. The lowest BCUT2D eigenvalue weighted by molar-refractivity contribution is -0.120. The van der Waals surface area contributed by atoms with Gasteiger partial charge in [0.25, 0.3) is 0 Å². The number of rotatable bonds is 7. The molecule has 0 spiro atoms. The number of aromatic nitrogens is 2. The van der Waals surface area contributed by atoms with Gasteiger partial charge in [-0.15, -0.1) is 11.8 Å². The zero-order valence-corrected chi connectivity index (χ0v) is 16.0. The molecule has 0 radical (unpaired) electrons. The average molecular weight is 382 g/mol. The number of nitrogens with one attached hydrogen (secondary N) is 1. The van der Waals surface area contributed by atoms with Gasteiger partial charge in [-0.2, -0.15) is 5.26 Å². The van der Waals surface area contributed by atoms with Crippen LogP contribution < -0.4 is 10.2 Å². The molecule has 1 N–H and O–H groups in total. The molecule has 0 unspecified atom stereocenters. The molecule has 27 heavy (non-hydrogen) atoms. The molecule has 1 aliphatic heterocycles. The molecule has 2 heterocycles. The van der Waals surface area contributed by atoms with Crippen LogP contribution in [0.1, 0.15) is 25.0 Å². The first-order valence-corrected chi connectivity index (χ1v) is 10.2. The van der Waals surface area contributed by atoms with Crippen molar-refractivity contribution in [1.82, 2.24) is 15.3 Å². The first-order valence-electron chi connectivity index (χ1n) is 9.17. The van der Waals surface area contributed by atoms with Gasteiger partial charge in [0.15, 0.2) is 11.5 Å². The Labute approximate surface area is 164 Å². The lowest BCUT2D eigenvalue weighted by Crippen LogP contribution is -2.39. The van der Waals surface area contributed by atoms with Gasteiger partial charge in [-0.05, 0) is 30.9 Å². The third-order valence-electron chi connectivity index (χ3n) is 4.63. The van der Waals surface area contributed by atoms with Crippen molar-refractivity contribution in [2.75, 3.05) is 30.3 Å². The van der Waals surface area contributed by atoms with Gasteiger partial charge in [-0.1, -0.05) is 18.2 Å². The van der Waals surface area contributed by atoms with E-state index in [-0.39, 0.29) is 5.91 Å². The molecule has 1 aromatic carbocycles. The van der Waals surface area contributed by atoms with Gasteiger partial charge in [0.05, 0.1) is 0 Å². The highest BCUT2D eigenvalue weighted by atomic mass is 32.2. The lowest BCUT2D eigenvalue weighted by atomic mass is 9.96. The molecule has 0 bridgehead atoms. The van der Waals surface area contributed by atoms with Gasteiger partial charge in [-0.25, -0.2) is 9.97 Å². The third-order valence-corrected chi connectivity index (χ3v) is 5.64. The predicted octanol–water partition coefficient (Wildman–Crippen LogP) is 2.86. The van der Waals surface area contributed by atoms with Crippen molar-refractivity contribution < 1.29 is 4.79 Å². The summed E-state index contributed by atoms with van der Waals surface area (Å²) in [6.45, 7) is 2.38. The number of carbonyl (C=O) groups excluding carboxylic acids is 1. The van der Waals surface area contributed by atoms with Crippen molar-refractivity contribution in [1.29, 1.82) is 5.26 Å². The van der Waals surface area contributed by atoms with Crippen LogP contribution in [0.5, 0.6) is 0 Å². The molecular formula is C20H23N5OS. The molecular weight excluding hydrogens is 358 g/mol. The maximum absolute atomic E-state index is 12.1. The lowest BCUT2D eigenvalue weighted by Gasteiger charge is -2.32. The SMILES string of the molecule is N#Cc1nccnc1N1CCC(CNC(=O)CCSc2ccccc2)CC1. The zero-order valence-electron chi connectivity index (χ0n) is 15.2. The van der Waals surface area contributed by atoms with Gasteiger partial charge in [-0.3, -0.25) is 4.79 Å². The normalized spacial score (nSPS) is 14.6. The van der Waals surface area contributed by atoms with Crippen LogP contribution in [-0.4, -0.2) is 41.3 Å². The Morgan fingerprint density at radius 1 is 1.22 bits per heavy atom. The first kappa shape index (κ1) is 19.2. The predicted molar refractivity (Wildman–Crippen MR) is 106 cm³/mol. The number of hydrogen-bond acceptors (Lipinski definition) is 6. The number of amides is 1. The maximum atomic E-state index is 12.1. The molecule has 6 nitrogen and oxygen atoms in total. The number of thioether (sulfide) groups is 1. The summed E-state index contributed by atoms with van der Waals surface area (Å²) in [4.78, 5) is 23.7. The van der Waals surface area contributed by atoms with E-state index in [4.69, 9.17) is 5.26 Å². The average Bonchev–Trinajstić information content (AvgIpc) is 2.73. The molecule has 7 heteroatoms. The minimum absolute atomic E-state index is 0.113. The van der Waals surface area contributed by atoms with E-state index in [1.807, 2.05) is 18.2 Å². The second-order valence-corrected chi connectivity index (χ2v) is 7.65. The Kier molecular flexibility index (Phi) is 7.05. The number of piperidine rings is 1. The minimum Gasteiger partial charge on any atom is -0.356 e. The van der Waals surface area contributed by atoms with Crippen molar-refractivity contribution in [2.24, 2.45) is 5.92 Å². The Balaban J connectivity index is 1.36. The van der Waals surface area contributed by atoms with Gasteiger partial charge < -0.3 is 10.2 Å². The number of nitrogens with zero attached hydrogens (tertiary/aromatic N) is 4. The van der Waals surface area contributed by atoms with Crippen LogP contribution >= 0.6 is 11.8 Å². The summed E-state index contributed by atoms with van der Waals surface area (Å²) in [6.07, 6.45) is 5.64. The summed E-state index contributed by atoms with van der Waals surface area (Å²) in [5.74, 6) is 2.04. The van der Waals surface area contributed by atoms with Crippen molar-refractivity contribution >= 4 is 23.5 Å². The molecule has 1 amide bonds. The van der Waals surface area contributed by atoms with Crippen LogP contribution in [-0.2, 0) is 4.79 Å². The fraction of sp³-hybridized carbons (Fsp3) is 0.400. The monoisotopic (exact) mass is 381 g/mol. The van der Waals surface area contributed by atoms with E-state index in [1.165, 1.54) is 4.90 Å². The molecule has 140 valence electrons. The summed E-state index contributed by atoms with van der Waals surface area (Å²) in [5, 5.41) is 12.2. The second-order valence-electron chi connectivity index (χ2n) is 6.49. The largest absolute Gasteiger partial charge is 0.356 e. The van der Waals surface area contributed by atoms with Gasteiger partial charge >= 0.3 is 0 Å². The Bertz CT molecular complexity index is 784. The number of anilines is 1. The Morgan fingerprint density at radius 3 is 2.70 bits per heavy atom. The minimum atomic E-state index is 0.113. The fourth-order valence-corrected chi connectivity index (χ4v) is 3.99. The number of nitriles is 1. The van der Waals surface area contributed by atoms with Crippen LogP contribution in [0.3, 0.4) is 0 Å². The Morgan fingerprint density at radius 2 is 1.96 bits per heavy atom. The van der Waals surface area contributed by atoms with Crippen LogP contribution in [0.2, 0.25) is 0 Å². The zero-order chi connectivity index (χ0) is 18.9. The van der Waals surface area contributed by atoms with Crippen LogP contribution in [0.25, 0.3) is 0 Å². The summed E-state index contributed by atoms with van der Waals surface area (Å²) in [7, 11) is 0. The molecule has 1 aliphatic rings. The van der Waals surface area contributed by atoms with E-state index in [1.54, 1.807) is 24.2 Å². The van der Waals surface area contributed by atoms with Crippen LogP contribution in [0.4, 0.5) is 5.82 Å². The molecule has 0 saturated carbocycles. The van der Waals surface area contributed by atoms with E-state index < -0.39 is 0 Å². The van der Waals surface area contributed by atoms with Gasteiger partial charge in [0, 0.05) is 49.1 Å².